The van der Waals surface area contributed by atoms with Crippen LogP contribution in [-0.2, 0) is 11.0 Å². The molecule has 2 aromatic rings. The zero-order valence-corrected chi connectivity index (χ0v) is 14.6. The molecule has 5 nitrogen and oxygen atoms in total. The van der Waals surface area contributed by atoms with Crippen molar-refractivity contribution in [2.45, 2.75) is 16.6 Å². The molecule has 0 spiro atoms. The molecule has 14 heteroatoms. The lowest BCUT2D eigenvalue weighted by atomic mass is 10.2. The van der Waals surface area contributed by atoms with Gasteiger partial charge in [-0.25, -0.2) is 9.48 Å². The summed E-state index contributed by atoms with van der Waals surface area (Å²) in [7, 11) is 0. The van der Waals surface area contributed by atoms with Crippen LogP contribution in [-0.4, -0.2) is 21.4 Å². The summed E-state index contributed by atoms with van der Waals surface area (Å²) in [4.78, 5) is 12.8. The van der Waals surface area contributed by atoms with E-state index in [0.29, 0.717) is 16.8 Å². The SMILES string of the molecule is N#Cc1nn(-c2c(Cl)cc(C(F)(F)F)cc2Cl)c(N=C=O)c1SC(F)(F)F. The normalized spacial score (nSPS) is 11.8. The number of nitriles is 1. The third kappa shape index (κ3) is 4.56. The number of alkyl halides is 6. The highest BCUT2D eigenvalue weighted by Gasteiger charge is 2.36. The van der Waals surface area contributed by atoms with Gasteiger partial charge in [0.05, 0.1) is 20.5 Å². The molecule has 0 amide bonds. The van der Waals surface area contributed by atoms with Crippen LogP contribution < -0.4 is 0 Å². The topological polar surface area (TPSA) is 71.0 Å². The Kier molecular flexibility index (Phi) is 5.82. The molecule has 0 aliphatic heterocycles. The Morgan fingerprint density at radius 3 is 2.11 bits per heavy atom. The van der Waals surface area contributed by atoms with Gasteiger partial charge in [-0.05, 0) is 23.9 Å². The van der Waals surface area contributed by atoms with Gasteiger partial charge in [0.2, 0.25) is 6.08 Å². The highest BCUT2D eigenvalue weighted by molar-refractivity contribution is 8.00. The average molecular weight is 447 g/mol. The van der Waals surface area contributed by atoms with E-state index in [9.17, 15) is 31.1 Å². The number of hydrogen-bond acceptors (Lipinski definition) is 5. The Balaban J connectivity index is 2.80. The first-order valence-corrected chi connectivity index (χ1v) is 7.89. The van der Waals surface area contributed by atoms with E-state index in [2.05, 4.69) is 10.1 Å². The lowest BCUT2D eigenvalue weighted by molar-refractivity contribution is -0.137. The number of aromatic nitrogens is 2. The summed E-state index contributed by atoms with van der Waals surface area (Å²) >= 11 is 10.8. The minimum Gasteiger partial charge on any atom is -0.211 e. The highest BCUT2D eigenvalue weighted by Crippen LogP contribution is 2.46. The largest absolute Gasteiger partial charge is 0.446 e. The van der Waals surface area contributed by atoms with Crippen LogP contribution in [0.15, 0.2) is 22.0 Å². The van der Waals surface area contributed by atoms with Gasteiger partial charge in [-0.15, -0.1) is 4.99 Å². The van der Waals surface area contributed by atoms with E-state index >= 15 is 0 Å². The Morgan fingerprint density at radius 1 is 1.15 bits per heavy atom. The number of halogens is 8. The maximum Gasteiger partial charge on any atom is 0.446 e. The van der Waals surface area contributed by atoms with Gasteiger partial charge in [0.25, 0.3) is 0 Å². The van der Waals surface area contributed by atoms with E-state index < -0.39 is 61.1 Å². The van der Waals surface area contributed by atoms with Gasteiger partial charge in [-0.3, -0.25) is 0 Å². The average Bonchev–Trinajstić information content (AvgIpc) is 2.82. The van der Waals surface area contributed by atoms with Crippen LogP contribution in [0, 0.1) is 11.3 Å². The first-order valence-electron chi connectivity index (χ1n) is 6.32. The van der Waals surface area contributed by atoms with Gasteiger partial charge >= 0.3 is 11.7 Å². The molecule has 0 N–H and O–H groups in total. The minimum atomic E-state index is -4.87. The molecule has 2 rings (SSSR count). The molecule has 0 saturated carbocycles. The Bertz CT molecular complexity index is 965. The van der Waals surface area contributed by atoms with Crippen LogP contribution in [0.25, 0.3) is 5.69 Å². The monoisotopic (exact) mass is 446 g/mol. The van der Waals surface area contributed by atoms with Gasteiger partial charge in [-0.1, -0.05) is 23.2 Å². The number of benzene rings is 1. The fourth-order valence-electron chi connectivity index (χ4n) is 1.91. The molecule has 1 aromatic carbocycles. The van der Waals surface area contributed by atoms with E-state index in [-0.39, 0.29) is 0 Å². The molecule has 0 aliphatic carbocycles. The number of nitrogens with zero attached hydrogens (tertiary/aromatic N) is 4. The second-order valence-corrected chi connectivity index (χ2v) is 6.45. The predicted octanol–water partition coefficient (Wildman–Crippen LogP) is 5.65. The summed E-state index contributed by atoms with van der Waals surface area (Å²) in [5.74, 6) is -0.813. The molecule has 0 radical (unpaired) electrons. The molecular formula is C13H2Cl2F6N4OS. The van der Waals surface area contributed by atoms with Gasteiger partial charge in [0.15, 0.2) is 11.5 Å². The third-order valence-corrected chi connectivity index (χ3v) is 4.24. The van der Waals surface area contributed by atoms with Crippen molar-refractivity contribution in [3.05, 3.63) is 33.4 Å². The molecule has 1 heterocycles. The zero-order chi connectivity index (χ0) is 20.6. The molecule has 0 unspecified atom stereocenters. The molecule has 1 aromatic heterocycles. The fraction of sp³-hybridized carbons (Fsp3) is 0.154. The number of isocyanates is 1. The molecular weight excluding hydrogens is 445 g/mol. The zero-order valence-electron chi connectivity index (χ0n) is 12.3. The number of rotatable bonds is 3. The van der Waals surface area contributed by atoms with Crippen LogP contribution in [0.5, 0.6) is 0 Å². The maximum atomic E-state index is 12.8. The molecule has 0 saturated heterocycles. The molecule has 0 atom stereocenters. The fourth-order valence-corrected chi connectivity index (χ4v) is 3.19. The summed E-state index contributed by atoms with van der Waals surface area (Å²) in [6, 6.07) is 2.29. The van der Waals surface area contributed by atoms with E-state index in [0.717, 1.165) is 6.08 Å². The van der Waals surface area contributed by atoms with Crippen LogP contribution in [0.3, 0.4) is 0 Å². The van der Waals surface area contributed by atoms with Crippen molar-refractivity contribution in [1.29, 1.82) is 5.26 Å². The quantitative estimate of drug-likeness (QED) is 0.264. The van der Waals surface area contributed by atoms with E-state index in [1.165, 1.54) is 6.07 Å². The van der Waals surface area contributed by atoms with Crippen LogP contribution in [0.1, 0.15) is 11.3 Å². The Labute approximate surface area is 160 Å². The van der Waals surface area contributed by atoms with Gasteiger partial charge in [-0.2, -0.15) is 36.7 Å². The van der Waals surface area contributed by atoms with Crippen molar-refractivity contribution >= 4 is 46.9 Å². The number of carbonyl (C=O) groups excluding carboxylic acids is 1. The number of aliphatic imine (C=N–C) groups is 1. The molecule has 142 valence electrons. The van der Waals surface area contributed by atoms with E-state index in [4.69, 9.17) is 28.5 Å². The molecule has 0 aliphatic rings. The molecule has 0 fully saturated rings. The standard InChI is InChI=1S/C13H2Cl2F6N4OS/c14-6-1-5(12(16,17)18)2-7(15)9(6)25-11(23-4-26)10(8(3-22)24-25)27-13(19,20)21/h1-2H. The van der Waals surface area contributed by atoms with Crippen molar-refractivity contribution in [2.75, 3.05) is 0 Å². The summed E-state index contributed by atoms with van der Waals surface area (Å²) in [5, 5.41) is 11.2. The van der Waals surface area contributed by atoms with Gasteiger partial charge < -0.3 is 0 Å². The minimum absolute atomic E-state index is 0.460. The highest BCUT2D eigenvalue weighted by atomic mass is 35.5. The predicted molar refractivity (Wildman–Crippen MR) is 83.0 cm³/mol. The summed E-state index contributed by atoms with van der Waals surface area (Å²) in [6.07, 6.45) is -3.81. The molecule has 27 heavy (non-hydrogen) atoms. The van der Waals surface area contributed by atoms with Crippen molar-refractivity contribution in [3.63, 3.8) is 0 Å². The first-order chi connectivity index (χ1) is 12.4. The van der Waals surface area contributed by atoms with Crippen molar-refractivity contribution < 1.29 is 31.1 Å². The van der Waals surface area contributed by atoms with Crippen LogP contribution in [0.4, 0.5) is 32.2 Å². The summed E-state index contributed by atoms with van der Waals surface area (Å²) < 4.78 is 77.1. The number of hydrogen-bond donors (Lipinski definition) is 0. The third-order valence-electron chi connectivity index (χ3n) is 2.85. The summed E-state index contributed by atoms with van der Waals surface area (Å²) in [5.41, 5.74) is -7.39. The molecule has 0 bridgehead atoms. The lowest BCUT2D eigenvalue weighted by Crippen LogP contribution is -2.07. The van der Waals surface area contributed by atoms with Gasteiger partial charge in [0, 0.05) is 0 Å². The van der Waals surface area contributed by atoms with Gasteiger partial charge in [0.1, 0.15) is 11.8 Å². The van der Waals surface area contributed by atoms with Crippen molar-refractivity contribution in [3.8, 4) is 11.8 Å². The van der Waals surface area contributed by atoms with Crippen molar-refractivity contribution in [1.82, 2.24) is 9.78 Å². The van der Waals surface area contributed by atoms with E-state index in [1.807, 2.05) is 0 Å². The second-order valence-electron chi connectivity index (χ2n) is 4.56. The van der Waals surface area contributed by atoms with Crippen molar-refractivity contribution in [2.24, 2.45) is 4.99 Å². The maximum absolute atomic E-state index is 12.8. The number of thioether (sulfide) groups is 1. The van der Waals surface area contributed by atoms with Crippen LogP contribution >= 0.6 is 35.0 Å². The summed E-state index contributed by atoms with van der Waals surface area (Å²) in [6.45, 7) is 0. The smallest absolute Gasteiger partial charge is 0.211 e. The first kappa shape index (κ1) is 21.1. The Morgan fingerprint density at radius 2 is 1.70 bits per heavy atom. The second kappa shape index (κ2) is 7.44. The van der Waals surface area contributed by atoms with Crippen LogP contribution in [0.2, 0.25) is 10.0 Å². The van der Waals surface area contributed by atoms with E-state index in [1.54, 1.807) is 0 Å². The Hall–Kier alpha value is -2.19. The lowest BCUT2D eigenvalue weighted by Gasteiger charge is -2.13.